The first-order valence-corrected chi connectivity index (χ1v) is 16.7. The number of nitrogens with zero attached hydrogens (tertiary/aromatic N) is 1. The molecule has 1 atom stereocenters. The largest absolute Gasteiger partial charge is 0.493 e. The third kappa shape index (κ3) is 8.24. The van der Waals surface area contributed by atoms with Gasteiger partial charge in [0.25, 0.3) is 0 Å². The van der Waals surface area contributed by atoms with Crippen LogP contribution in [0.5, 0.6) is 23.0 Å². The molecular weight excluding hydrogens is 606 g/mol. The predicted octanol–water partition coefficient (Wildman–Crippen LogP) is 5.60. The maximum Gasteiger partial charge on any atom is 0.243 e. The van der Waals surface area contributed by atoms with E-state index in [2.05, 4.69) is 68.5 Å². The van der Waals surface area contributed by atoms with Gasteiger partial charge in [-0.1, -0.05) is 45.9 Å². The highest BCUT2D eigenvalue weighted by Crippen LogP contribution is 2.48. The lowest BCUT2D eigenvalue weighted by Crippen LogP contribution is -2.30. The van der Waals surface area contributed by atoms with Crippen molar-refractivity contribution in [1.29, 1.82) is 0 Å². The van der Waals surface area contributed by atoms with Crippen molar-refractivity contribution in [2.45, 2.75) is 57.8 Å². The predicted molar refractivity (Wildman–Crippen MR) is 191 cm³/mol. The molecule has 0 saturated heterocycles. The monoisotopic (exact) mass is 659 g/mol. The van der Waals surface area contributed by atoms with Gasteiger partial charge in [0, 0.05) is 24.6 Å². The summed E-state index contributed by atoms with van der Waals surface area (Å²) < 4.78 is 21.9. The van der Waals surface area contributed by atoms with Crippen molar-refractivity contribution in [3.63, 3.8) is 0 Å². The molecule has 2 aliphatic carbocycles. The van der Waals surface area contributed by atoms with Crippen LogP contribution < -0.4 is 29.6 Å². The van der Waals surface area contributed by atoms with E-state index in [1.54, 1.807) is 40.6 Å². The third-order valence-corrected chi connectivity index (χ3v) is 9.86. The van der Waals surface area contributed by atoms with Crippen LogP contribution in [0, 0.1) is 5.92 Å². The van der Waals surface area contributed by atoms with Crippen LogP contribution in [-0.2, 0) is 26.8 Å². The van der Waals surface area contributed by atoms with Crippen LogP contribution in [0.15, 0.2) is 54.1 Å². The number of fused-ring (bicyclic) bond motifs is 2. The molecule has 2 aliphatic rings. The Kier molecular flexibility index (Phi) is 12.0. The molecule has 9 nitrogen and oxygen atoms in total. The van der Waals surface area contributed by atoms with E-state index in [-0.39, 0.29) is 28.6 Å². The minimum Gasteiger partial charge on any atom is -0.493 e. The zero-order valence-corrected chi connectivity index (χ0v) is 30.1. The molecule has 9 heteroatoms. The minimum atomic E-state index is -0.256. The SMILES string of the molecule is COc1cc2c(cc1OC)C(C)(C)C(C=CC(=O)NCCCN(C)CCCNC(=O)C=CC1Cc3cc(OC)c(OC)cc3C1(C)C)=C2. The van der Waals surface area contributed by atoms with E-state index in [1.165, 1.54) is 11.1 Å². The van der Waals surface area contributed by atoms with Crippen LogP contribution in [0.3, 0.4) is 0 Å². The van der Waals surface area contributed by atoms with E-state index in [4.69, 9.17) is 18.9 Å². The van der Waals surface area contributed by atoms with Crippen molar-refractivity contribution in [1.82, 2.24) is 15.5 Å². The molecule has 260 valence electrons. The number of nitrogens with one attached hydrogen (secondary N) is 2. The topological polar surface area (TPSA) is 98.4 Å². The van der Waals surface area contributed by atoms with Gasteiger partial charge in [0.2, 0.25) is 11.8 Å². The summed E-state index contributed by atoms with van der Waals surface area (Å²) in [6.45, 7) is 11.6. The van der Waals surface area contributed by atoms with Crippen LogP contribution in [0.4, 0.5) is 0 Å². The third-order valence-electron chi connectivity index (χ3n) is 9.86. The molecule has 0 fully saturated rings. The molecule has 2 aromatic carbocycles. The molecule has 0 spiro atoms. The number of allylic oxidation sites excluding steroid dienone is 3. The van der Waals surface area contributed by atoms with E-state index < -0.39 is 0 Å². The van der Waals surface area contributed by atoms with Gasteiger partial charge in [-0.05, 0) is 109 Å². The maximum atomic E-state index is 12.6. The zero-order valence-electron chi connectivity index (χ0n) is 30.1. The Morgan fingerprint density at radius 3 is 1.90 bits per heavy atom. The van der Waals surface area contributed by atoms with E-state index in [1.807, 2.05) is 24.3 Å². The van der Waals surface area contributed by atoms with Gasteiger partial charge in [-0.15, -0.1) is 0 Å². The highest BCUT2D eigenvalue weighted by molar-refractivity contribution is 5.89. The number of carbonyl (C=O) groups is 2. The highest BCUT2D eigenvalue weighted by Gasteiger charge is 2.39. The van der Waals surface area contributed by atoms with Crippen molar-refractivity contribution in [3.8, 4) is 23.0 Å². The van der Waals surface area contributed by atoms with E-state index in [0.717, 1.165) is 60.6 Å². The first kappa shape index (κ1) is 36.6. The molecule has 2 aromatic rings. The Morgan fingerprint density at radius 1 is 0.792 bits per heavy atom. The van der Waals surface area contributed by atoms with Crippen LogP contribution in [0.2, 0.25) is 0 Å². The summed E-state index contributed by atoms with van der Waals surface area (Å²) in [6, 6.07) is 8.11. The second-order valence-corrected chi connectivity index (χ2v) is 13.7. The molecule has 0 aromatic heterocycles. The van der Waals surface area contributed by atoms with E-state index in [9.17, 15) is 9.59 Å². The summed E-state index contributed by atoms with van der Waals surface area (Å²) >= 11 is 0. The van der Waals surface area contributed by atoms with Crippen LogP contribution >= 0.6 is 0 Å². The molecule has 0 saturated carbocycles. The fourth-order valence-electron chi connectivity index (χ4n) is 6.73. The lowest BCUT2D eigenvalue weighted by atomic mass is 9.78. The van der Waals surface area contributed by atoms with Crippen molar-refractivity contribution in [2.24, 2.45) is 5.92 Å². The Balaban J connectivity index is 1.13. The van der Waals surface area contributed by atoms with Crippen LogP contribution in [0.25, 0.3) is 6.08 Å². The highest BCUT2D eigenvalue weighted by atomic mass is 16.5. The normalized spacial score (nSPS) is 17.3. The van der Waals surface area contributed by atoms with Crippen LogP contribution in [-0.4, -0.2) is 78.4 Å². The Morgan fingerprint density at radius 2 is 1.31 bits per heavy atom. The number of benzene rings is 2. The summed E-state index contributed by atoms with van der Waals surface area (Å²) in [6.07, 6.45) is 11.8. The zero-order chi connectivity index (χ0) is 35.1. The summed E-state index contributed by atoms with van der Waals surface area (Å²) in [4.78, 5) is 27.3. The average molecular weight is 660 g/mol. The van der Waals surface area contributed by atoms with Crippen LogP contribution in [0.1, 0.15) is 62.8 Å². The first-order valence-electron chi connectivity index (χ1n) is 16.7. The molecule has 4 rings (SSSR count). The second kappa shape index (κ2) is 15.8. The van der Waals surface area contributed by atoms with Gasteiger partial charge >= 0.3 is 0 Å². The smallest absolute Gasteiger partial charge is 0.243 e. The van der Waals surface area contributed by atoms with E-state index in [0.29, 0.717) is 24.6 Å². The van der Waals surface area contributed by atoms with Gasteiger partial charge in [-0.2, -0.15) is 0 Å². The number of amides is 2. The van der Waals surface area contributed by atoms with Crippen molar-refractivity contribution in [2.75, 3.05) is 61.7 Å². The fourth-order valence-corrected chi connectivity index (χ4v) is 6.73. The van der Waals surface area contributed by atoms with E-state index >= 15 is 0 Å². The fraction of sp³-hybridized carbons (Fsp3) is 0.487. The number of rotatable bonds is 16. The number of hydrogen-bond donors (Lipinski definition) is 2. The van der Waals surface area contributed by atoms with Gasteiger partial charge in [-0.3, -0.25) is 9.59 Å². The Hall–Kier alpha value is -4.24. The number of hydrogen-bond acceptors (Lipinski definition) is 7. The minimum absolute atomic E-state index is 0.0737. The molecule has 1 unspecified atom stereocenters. The Labute approximate surface area is 286 Å². The molecule has 0 heterocycles. The van der Waals surface area contributed by atoms with Crippen molar-refractivity contribution in [3.05, 3.63) is 76.4 Å². The first-order chi connectivity index (χ1) is 22.8. The summed E-state index contributed by atoms with van der Waals surface area (Å²) in [7, 11) is 8.62. The number of carbonyl (C=O) groups excluding carboxylic acids is 2. The quantitative estimate of drug-likeness (QED) is 0.179. The molecule has 48 heavy (non-hydrogen) atoms. The van der Waals surface area contributed by atoms with Gasteiger partial charge < -0.3 is 34.5 Å². The maximum absolute atomic E-state index is 12.6. The number of methoxy groups -OCH3 is 4. The van der Waals surface area contributed by atoms with Gasteiger partial charge in [0.1, 0.15) is 0 Å². The van der Waals surface area contributed by atoms with Crippen molar-refractivity contribution >= 4 is 17.9 Å². The molecule has 0 aliphatic heterocycles. The molecule has 0 bridgehead atoms. The molecule has 2 amide bonds. The Bertz CT molecular complexity index is 1570. The summed E-state index contributed by atoms with van der Waals surface area (Å²) in [5, 5.41) is 6.01. The summed E-state index contributed by atoms with van der Waals surface area (Å²) in [5.74, 6) is 2.86. The molecular formula is C39H53N3O6. The average Bonchev–Trinajstić information content (AvgIpc) is 3.47. The standard InChI is InChI=1S/C39H53N3O6/c1-38(2)28(20-26-22-32(45-6)34(47-8)24-30(26)38)12-14-36(43)40-16-10-18-42(5)19-11-17-41-37(44)15-13-29-21-27-23-33(46-7)35(48-9)25-31(27)39(29,3)4/h12-15,20,22-25,29H,10-11,16-19,21H2,1-9H3,(H,40,43)(H,41,44). The lowest BCUT2D eigenvalue weighted by molar-refractivity contribution is -0.117. The molecule has 0 radical (unpaired) electrons. The lowest BCUT2D eigenvalue weighted by Gasteiger charge is -2.26. The van der Waals surface area contributed by atoms with Gasteiger partial charge in [-0.25, -0.2) is 0 Å². The van der Waals surface area contributed by atoms with Gasteiger partial charge in [0.15, 0.2) is 23.0 Å². The summed E-state index contributed by atoms with van der Waals surface area (Å²) in [5.41, 5.74) is 5.35. The number of ether oxygens (including phenoxy) is 4. The van der Waals surface area contributed by atoms with Crippen molar-refractivity contribution < 1.29 is 28.5 Å². The second-order valence-electron chi connectivity index (χ2n) is 13.7. The van der Waals surface area contributed by atoms with Gasteiger partial charge in [0.05, 0.1) is 28.4 Å². The molecule has 2 N–H and O–H groups in total.